The number of hydrogen-bond donors (Lipinski definition) is 1. The summed E-state index contributed by atoms with van der Waals surface area (Å²) in [6.07, 6.45) is -3.64. The molecule has 0 bridgehead atoms. The molecular weight excluding hydrogens is 281 g/mol. The van der Waals surface area contributed by atoms with Gasteiger partial charge >= 0.3 is 6.18 Å². The lowest BCUT2D eigenvalue weighted by molar-refractivity contribution is -0.158. The maximum absolute atomic E-state index is 12.7. The summed E-state index contributed by atoms with van der Waals surface area (Å²) in [5.74, 6) is -1.74. The Morgan fingerprint density at radius 3 is 2.67 bits per heavy atom. The van der Waals surface area contributed by atoms with Crippen LogP contribution >= 0.6 is 23.6 Å². The van der Waals surface area contributed by atoms with Gasteiger partial charge in [0.2, 0.25) is 0 Å². The number of likely N-dealkylation sites (N-methyl/N-ethyl adjacent to an activating group) is 1. The Morgan fingerprint density at radius 1 is 1.56 bits per heavy atom. The Balaban J connectivity index is 2.46. The molecule has 1 heterocycles. The molecule has 18 heavy (non-hydrogen) atoms. The van der Waals surface area contributed by atoms with E-state index in [-0.39, 0.29) is 6.54 Å². The van der Waals surface area contributed by atoms with Crippen molar-refractivity contribution in [3.05, 3.63) is 22.4 Å². The largest absolute Gasteiger partial charge is 0.399 e. The summed E-state index contributed by atoms with van der Waals surface area (Å²) >= 11 is 6.08. The number of thiophene rings is 1. The van der Waals surface area contributed by atoms with Crippen molar-refractivity contribution in [2.45, 2.75) is 12.6 Å². The summed E-state index contributed by atoms with van der Waals surface area (Å²) in [4.78, 5) is 2.27. The van der Waals surface area contributed by atoms with Crippen molar-refractivity contribution in [3.63, 3.8) is 0 Å². The van der Waals surface area contributed by atoms with E-state index < -0.39 is 17.1 Å². The zero-order valence-electron chi connectivity index (χ0n) is 9.91. The second-order valence-electron chi connectivity index (χ2n) is 4.09. The van der Waals surface area contributed by atoms with Gasteiger partial charge in [-0.25, -0.2) is 0 Å². The van der Waals surface area contributed by atoms with Crippen LogP contribution in [0.1, 0.15) is 4.88 Å². The molecular formula is C11H15F3N2S2. The van der Waals surface area contributed by atoms with Gasteiger partial charge in [0.05, 0.1) is 4.99 Å². The first kappa shape index (κ1) is 15.4. The van der Waals surface area contributed by atoms with Crippen LogP contribution < -0.4 is 5.73 Å². The van der Waals surface area contributed by atoms with Crippen molar-refractivity contribution in [3.8, 4) is 0 Å². The van der Waals surface area contributed by atoms with Crippen molar-refractivity contribution < 1.29 is 13.2 Å². The molecule has 0 aliphatic carbocycles. The van der Waals surface area contributed by atoms with Gasteiger partial charge in [0.15, 0.2) is 0 Å². The van der Waals surface area contributed by atoms with E-state index in [9.17, 15) is 13.2 Å². The molecule has 2 N–H and O–H groups in total. The van der Waals surface area contributed by atoms with Crippen LogP contribution in [0.25, 0.3) is 0 Å². The molecule has 0 saturated carbocycles. The lowest BCUT2D eigenvalue weighted by Gasteiger charge is -2.24. The molecule has 0 saturated heterocycles. The monoisotopic (exact) mass is 296 g/mol. The molecule has 1 aromatic heterocycles. The SMILES string of the molecule is CN(CCc1cccs1)CC(C(N)=S)C(F)(F)F. The van der Waals surface area contributed by atoms with Gasteiger partial charge in [-0.05, 0) is 24.9 Å². The highest BCUT2D eigenvalue weighted by Crippen LogP contribution is 2.27. The Labute approximate surface area is 114 Å². The maximum Gasteiger partial charge on any atom is 0.399 e. The normalized spacial score (nSPS) is 13.8. The number of alkyl halides is 3. The molecule has 0 spiro atoms. The summed E-state index contributed by atoms with van der Waals surface area (Å²) in [6, 6.07) is 3.89. The van der Waals surface area contributed by atoms with Crippen LogP contribution in [-0.4, -0.2) is 36.2 Å². The number of hydrogen-bond acceptors (Lipinski definition) is 3. The summed E-state index contributed by atoms with van der Waals surface area (Å²) in [6.45, 7) is 0.361. The Bertz CT molecular complexity index is 376. The Morgan fingerprint density at radius 2 is 2.22 bits per heavy atom. The molecule has 2 nitrogen and oxygen atoms in total. The van der Waals surface area contributed by atoms with Crippen LogP contribution in [0.5, 0.6) is 0 Å². The molecule has 7 heteroatoms. The fraction of sp³-hybridized carbons (Fsp3) is 0.545. The van der Waals surface area contributed by atoms with Gasteiger partial charge in [-0.3, -0.25) is 0 Å². The van der Waals surface area contributed by atoms with Crippen molar-refractivity contribution >= 4 is 28.5 Å². The van der Waals surface area contributed by atoms with Crippen molar-refractivity contribution in [1.82, 2.24) is 4.90 Å². The highest BCUT2D eigenvalue weighted by molar-refractivity contribution is 7.80. The van der Waals surface area contributed by atoms with E-state index in [1.807, 2.05) is 17.5 Å². The van der Waals surface area contributed by atoms with Gasteiger partial charge in [-0.1, -0.05) is 18.3 Å². The molecule has 1 rings (SSSR count). The zero-order valence-corrected chi connectivity index (χ0v) is 11.5. The van der Waals surface area contributed by atoms with Gasteiger partial charge in [-0.2, -0.15) is 13.2 Å². The van der Waals surface area contributed by atoms with E-state index in [0.29, 0.717) is 6.54 Å². The third kappa shape index (κ3) is 4.91. The van der Waals surface area contributed by atoms with Crippen LogP contribution in [0.3, 0.4) is 0 Å². The van der Waals surface area contributed by atoms with Gasteiger partial charge in [0.1, 0.15) is 5.92 Å². The predicted octanol–water partition coefficient (Wildman–Crippen LogP) is 2.69. The Hall–Kier alpha value is -0.660. The molecule has 0 aliphatic rings. The van der Waals surface area contributed by atoms with Crippen LogP contribution in [0.4, 0.5) is 13.2 Å². The van der Waals surface area contributed by atoms with Gasteiger partial charge in [0, 0.05) is 18.0 Å². The van der Waals surface area contributed by atoms with Gasteiger partial charge in [0.25, 0.3) is 0 Å². The smallest absolute Gasteiger partial charge is 0.393 e. The number of nitrogens with zero attached hydrogens (tertiary/aromatic N) is 1. The number of halogens is 3. The van der Waals surface area contributed by atoms with Gasteiger partial charge < -0.3 is 10.6 Å². The molecule has 1 aromatic rings. The summed E-state index contributed by atoms with van der Waals surface area (Å²) < 4.78 is 38.0. The van der Waals surface area contributed by atoms with E-state index in [1.165, 1.54) is 0 Å². The molecule has 0 aromatic carbocycles. The minimum Gasteiger partial charge on any atom is -0.393 e. The molecule has 1 unspecified atom stereocenters. The van der Waals surface area contributed by atoms with Crippen LogP contribution in [0, 0.1) is 5.92 Å². The molecule has 0 fully saturated rings. The Kier molecular flexibility index (Phi) is 5.55. The van der Waals surface area contributed by atoms with Crippen LogP contribution in [-0.2, 0) is 6.42 Å². The van der Waals surface area contributed by atoms with Gasteiger partial charge in [-0.15, -0.1) is 11.3 Å². The number of thiocarbonyl (C=S) groups is 1. The topological polar surface area (TPSA) is 29.3 Å². The van der Waals surface area contributed by atoms with Crippen LogP contribution in [0.15, 0.2) is 17.5 Å². The first-order valence-electron chi connectivity index (χ1n) is 5.37. The third-order valence-corrected chi connectivity index (χ3v) is 3.77. The molecule has 1 atom stereocenters. The summed E-state index contributed by atoms with van der Waals surface area (Å²) in [7, 11) is 1.64. The predicted molar refractivity (Wildman–Crippen MR) is 71.9 cm³/mol. The highest BCUT2D eigenvalue weighted by Gasteiger charge is 2.42. The van der Waals surface area contributed by atoms with Crippen molar-refractivity contribution in [2.24, 2.45) is 11.7 Å². The van der Waals surface area contributed by atoms with Crippen molar-refractivity contribution in [2.75, 3.05) is 20.1 Å². The fourth-order valence-electron chi connectivity index (χ4n) is 1.51. The molecule has 0 aliphatic heterocycles. The van der Waals surface area contributed by atoms with Crippen molar-refractivity contribution in [1.29, 1.82) is 0 Å². The first-order valence-corrected chi connectivity index (χ1v) is 6.66. The fourth-order valence-corrected chi connectivity index (χ4v) is 2.42. The highest BCUT2D eigenvalue weighted by atomic mass is 32.1. The summed E-state index contributed by atoms with van der Waals surface area (Å²) in [5, 5.41) is 1.95. The number of rotatable bonds is 6. The molecule has 0 amide bonds. The average molecular weight is 296 g/mol. The quantitative estimate of drug-likeness (QED) is 0.818. The molecule has 0 radical (unpaired) electrons. The van der Waals surface area contributed by atoms with E-state index in [0.717, 1.165) is 11.3 Å². The number of nitrogens with two attached hydrogens (primary N) is 1. The first-order chi connectivity index (χ1) is 8.30. The minimum absolute atomic E-state index is 0.190. The van der Waals surface area contributed by atoms with E-state index in [1.54, 1.807) is 23.3 Å². The average Bonchev–Trinajstić information content (AvgIpc) is 2.73. The lowest BCUT2D eigenvalue weighted by atomic mass is 10.1. The van der Waals surface area contributed by atoms with E-state index in [4.69, 9.17) is 5.73 Å². The maximum atomic E-state index is 12.7. The summed E-state index contributed by atoms with van der Waals surface area (Å²) in [5.41, 5.74) is 5.15. The van der Waals surface area contributed by atoms with Crippen LogP contribution in [0.2, 0.25) is 0 Å². The second-order valence-corrected chi connectivity index (χ2v) is 5.59. The minimum atomic E-state index is -4.37. The second kappa shape index (κ2) is 6.49. The van der Waals surface area contributed by atoms with E-state index >= 15 is 0 Å². The van der Waals surface area contributed by atoms with E-state index in [2.05, 4.69) is 12.2 Å². The zero-order chi connectivity index (χ0) is 13.8. The standard InChI is InChI=1S/C11H15F3N2S2/c1-16(5-4-8-3-2-6-18-8)7-9(10(15)17)11(12,13)14/h2-3,6,9H,4-5,7H2,1H3,(H2,15,17). The third-order valence-electron chi connectivity index (χ3n) is 2.55. The lowest BCUT2D eigenvalue weighted by Crippen LogP contribution is -2.42. The molecule has 102 valence electrons.